The third-order valence-electron chi connectivity index (χ3n) is 1.51. The minimum Gasteiger partial charge on any atom is -0.384 e. The number of aliphatic hydroxyl groups is 1. The molecule has 0 fully saturated rings. The summed E-state index contributed by atoms with van der Waals surface area (Å²) in [7, 11) is 1.74. The third-order valence-corrected chi connectivity index (χ3v) is 1.51. The van der Waals surface area contributed by atoms with Gasteiger partial charge in [0.05, 0.1) is 5.69 Å². The van der Waals surface area contributed by atoms with Gasteiger partial charge in [-0.2, -0.15) is 5.10 Å². The molecule has 1 aromatic rings. The first-order valence-electron chi connectivity index (χ1n) is 3.39. The molecule has 0 spiro atoms. The van der Waals surface area contributed by atoms with E-state index in [2.05, 4.69) is 5.10 Å². The number of hydrogen-bond donors (Lipinski definition) is 1. The van der Waals surface area contributed by atoms with Crippen molar-refractivity contribution in [3.63, 3.8) is 0 Å². The summed E-state index contributed by atoms with van der Waals surface area (Å²) in [5.41, 5.74) is 1.24. The van der Waals surface area contributed by atoms with Gasteiger partial charge in [-0.1, -0.05) is 0 Å². The molecular weight excluding hydrogens is 147 g/mol. The van der Waals surface area contributed by atoms with E-state index in [-0.39, 0.29) is 0 Å². The van der Waals surface area contributed by atoms with Crippen molar-refractivity contribution >= 4 is 0 Å². The van der Waals surface area contributed by atoms with E-state index in [1.807, 2.05) is 0 Å². The predicted molar refractivity (Wildman–Crippen MR) is 38.9 cm³/mol. The number of alkyl halides is 1. The highest BCUT2D eigenvalue weighted by molar-refractivity contribution is 5.16. The summed E-state index contributed by atoms with van der Waals surface area (Å²) in [4.78, 5) is 0. The Bertz CT molecular complexity index is 247. The van der Waals surface area contributed by atoms with E-state index in [4.69, 9.17) is 5.11 Å². The number of nitrogens with zero attached hydrogens (tertiary/aromatic N) is 2. The Labute approximate surface area is 64.5 Å². The molecule has 0 bridgehead atoms. The van der Waals surface area contributed by atoms with E-state index in [1.165, 1.54) is 0 Å². The molecular formula is C7H11FN2O. The van der Waals surface area contributed by atoms with Crippen LogP contribution in [0.2, 0.25) is 0 Å². The Morgan fingerprint density at radius 1 is 1.82 bits per heavy atom. The van der Waals surface area contributed by atoms with Crippen LogP contribution in [0.1, 0.15) is 17.4 Å². The van der Waals surface area contributed by atoms with E-state index in [0.717, 1.165) is 5.56 Å². The maximum Gasteiger partial charge on any atom is 0.126 e. The van der Waals surface area contributed by atoms with E-state index < -0.39 is 12.8 Å². The third kappa shape index (κ3) is 1.57. The quantitative estimate of drug-likeness (QED) is 0.689. The van der Waals surface area contributed by atoms with Gasteiger partial charge in [0.2, 0.25) is 0 Å². The number of aliphatic hydroxyl groups excluding tert-OH is 1. The fraction of sp³-hybridized carbons (Fsp3) is 0.571. The average molecular weight is 158 g/mol. The van der Waals surface area contributed by atoms with Gasteiger partial charge in [-0.05, 0) is 12.5 Å². The number of aryl methyl sites for hydroxylation is 2. The van der Waals surface area contributed by atoms with Crippen molar-refractivity contribution in [3.8, 4) is 0 Å². The molecule has 3 nitrogen and oxygen atoms in total. The van der Waals surface area contributed by atoms with Crippen LogP contribution < -0.4 is 0 Å². The molecule has 0 aliphatic heterocycles. The molecule has 0 amide bonds. The maximum absolute atomic E-state index is 12.0. The molecule has 11 heavy (non-hydrogen) atoms. The van der Waals surface area contributed by atoms with E-state index >= 15 is 0 Å². The Kier molecular flexibility index (Phi) is 2.24. The zero-order valence-corrected chi connectivity index (χ0v) is 6.58. The lowest BCUT2D eigenvalue weighted by molar-refractivity contribution is 0.136. The lowest BCUT2D eigenvalue weighted by atomic mass is 10.2. The van der Waals surface area contributed by atoms with Crippen molar-refractivity contribution in [2.24, 2.45) is 7.05 Å². The van der Waals surface area contributed by atoms with Crippen molar-refractivity contribution in [3.05, 3.63) is 17.5 Å². The molecule has 1 rings (SSSR count). The van der Waals surface area contributed by atoms with Gasteiger partial charge in [0.25, 0.3) is 0 Å². The highest BCUT2D eigenvalue weighted by atomic mass is 19.1. The Morgan fingerprint density at radius 2 is 2.45 bits per heavy atom. The van der Waals surface area contributed by atoms with Crippen molar-refractivity contribution in [1.82, 2.24) is 9.78 Å². The van der Waals surface area contributed by atoms with Crippen LogP contribution in [-0.2, 0) is 7.05 Å². The van der Waals surface area contributed by atoms with Crippen LogP contribution >= 0.6 is 0 Å². The summed E-state index contributed by atoms with van der Waals surface area (Å²) in [6.07, 6.45) is 0.671. The molecule has 0 aliphatic carbocycles. The number of rotatable bonds is 2. The number of halogens is 1. The van der Waals surface area contributed by atoms with E-state index in [0.29, 0.717) is 5.69 Å². The van der Waals surface area contributed by atoms with Crippen molar-refractivity contribution < 1.29 is 9.50 Å². The van der Waals surface area contributed by atoms with Gasteiger partial charge in [0.15, 0.2) is 0 Å². The second-order valence-corrected chi connectivity index (χ2v) is 2.54. The zero-order valence-electron chi connectivity index (χ0n) is 6.58. The summed E-state index contributed by atoms with van der Waals surface area (Å²) in [6.45, 7) is 1.01. The summed E-state index contributed by atoms with van der Waals surface area (Å²) in [5.74, 6) is 0. The van der Waals surface area contributed by atoms with Crippen LogP contribution in [0.3, 0.4) is 0 Å². The van der Waals surface area contributed by atoms with Gasteiger partial charge < -0.3 is 5.11 Å². The highest BCUT2D eigenvalue weighted by Gasteiger charge is 2.12. The summed E-state index contributed by atoms with van der Waals surface area (Å²) in [5, 5.41) is 13.0. The largest absolute Gasteiger partial charge is 0.384 e. The molecule has 1 aromatic heterocycles. The van der Waals surface area contributed by atoms with E-state index in [9.17, 15) is 4.39 Å². The van der Waals surface area contributed by atoms with Gasteiger partial charge >= 0.3 is 0 Å². The molecule has 0 saturated heterocycles. The zero-order chi connectivity index (χ0) is 8.43. The Balaban J connectivity index is 2.93. The minimum absolute atomic E-state index is 0.426. The van der Waals surface area contributed by atoms with Crippen LogP contribution in [0.5, 0.6) is 0 Å². The first-order chi connectivity index (χ1) is 5.15. The molecule has 0 saturated carbocycles. The second-order valence-electron chi connectivity index (χ2n) is 2.54. The predicted octanol–water partition coefficient (Wildman–Crippen LogP) is 0.731. The average Bonchev–Trinajstić information content (AvgIpc) is 2.28. The first-order valence-corrected chi connectivity index (χ1v) is 3.39. The summed E-state index contributed by atoms with van der Waals surface area (Å²) < 4.78 is 13.5. The Hall–Kier alpha value is -0.900. The normalized spacial score (nSPS) is 13.5. The molecule has 4 heteroatoms. The SMILES string of the molecule is Cc1cn(C)nc1C(O)CF. The Morgan fingerprint density at radius 3 is 2.82 bits per heavy atom. The molecule has 62 valence electrons. The lowest BCUT2D eigenvalue weighted by Crippen LogP contribution is -2.02. The molecule has 1 unspecified atom stereocenters. The lowest BCUT2D eigenvalue weighted by Gasteiger charge is -2.01. The van der Waals surface area contributed by atoms with Gasteiger partial charge in [0.1, 0.15) is 12.8 Å². The highest BCUT2D eigenvalue weighted by Crippen LogP contribution is 2.14. The van der Waals surface area contributed by atoms with Crippen molar-refractivity contribution in [2.75, 3.05) is 6.67 Å². The number of hydrogen-bond acceptors (Lipinski definition) is 2. The van der Waals surface area contributed by atoms with Crippen LogP contribution in [0.4, 0.5) is 4.39 Å². The monoisotopic (exact) mass is 158 g/mol. The summed E-state index contributed by atoms with van der Waals surface area (Å²) >= 11 is 0. The fourth-order valence-electron chi connectivity index (χ4n) is 1.03. The van der Waals surface area contributed by atoms with Gasteiger partial charge in [-0.15, -0.1) is 0 Å². The standard InChI is InChI=1S/C7H11FN2O/c1-5-4-10(2)9-7(5)6(11)3-8/h4,6,11H,3H2,1-2H3. The maximum atomic E-state index is 12.0. The molecule has 1 N–H and O–H groups in total. The molecule has 1 atom stereocenters. The van der Waals surface area contributed by atoms with Crippen molar-refractivity contribution in [2.45, 2.75) is 13.0 Å². The minimum atomic E-state index is -1.07. The van der Waals surface area contributed by atoms with Crippen LogP contribution in [0.15, 0.2) is 6.20 Å². The van der Waals surface area contributed by atoms with E-state index in [1.54, 1.807) is 24.9 Å². The molecule has 1 heterocycles. The smallest absolute Gasteiger partial charge is 0.126 e. The number of aromatic nitrogens is 2. The first kappa shape index (κ1) is 8.20. The molecule has 0 radical (unpaired) electrons. The molecule has 0 aliphatic rings. The van der Waals surface area contributed by atoms with Gasteiger partial charge in [-0.25, -0.2) is 4.39 Å². The van der Waals surface area contributed by atoms with Gasteiger partial charge in [-0.3, -0.25) is 4.68 Å². The van der Waals surface area contributed by atoms with Crippen LogP contribution in [0, 0.1) is 6.92 Å². The van der Waals surface area contributed by atoms with Crippen LogP contribution in [0.25, 0.3) is 0 Å². The van der Waals surface area contributed by atoms with Gasteiger partial charge in [0, 0.05) is 13.2 Å². The fourth-order valence-corrected chi connectivity index (χ4v) is 1.03. The second kappa shape index (κ2) is 3.00. The molecule has 0 aromatic carbocycles. The summed E-state index contributed by atoms with van der Waals surface area (Å²) in [6, 6.07) is 0. The van der Waals surface area contributed by atoms with Crippen molar-refractivity contribution in [1.29, 1.82) is 0 Å². The van der Waals surface area contributed by atoms with Crippen LogP contribution in [-0.4, -0.2) is 21.6 Å². The topological polar surface area (TPSA) is 38.0 Å².